The highest BCUT2D eigenvalue weighted by atomic mass is 19.4. The predicted octanol–water partition coefficient (Wildman–Crippen LogP) is 4.22. The first-order chi connectivity index (χ1) is 16.6. The summed E-state index contributed by atoms with van der Waals surface area (Å²) in [7, 11) is 1.50. The molecule has 0 aliphatic carbocycles. The zero-order valence-corrected chi connectivity index (χ0v) is 18.8. The van der Waals surface area contributed by atoms with Crippen LogP contribution in [0.15, 0.2) is 65.7 Å². The summed E-state index contributed by atoms with van der Waals surface area (Å²) in [5.74, 6) is -0.755. The van der Waals surface area contributed by atoms with E-state index in [0.29, 0.717) is 16.9 Å². The maximum absolute atomic E-state index is 13.2. The number of carbonyl (C=O) groups is 1. The minimum Gasteiger partial charge on any atom is -0.495 e. The summed E-state index contributed by atoms with van der Waals surface area (Å²) >= 11 is 0. The van der Waals surface area contributed by atoms with Crippen LogP contribution in [0.4, 0.5) is 17.6 Å². The minimum atomic E-state index is -4.54. The van der Waals surface area contributed by atoms with Crippen molar-refractivity contribution in [2.45, 2.75) is 19.6 Å². The van der Waals surface area contributed by atoms with Gasteiger partial charge < -0.3 is 14.6 Å². The van der Waals surface area contributed by atoms with Crippen molar-refractivity contribution in [3.8, 4) is 11.4 Å². The maximum Gasteiger partial charge on any atom is 0.408 e. The molecule has 11 heteroatoms. The summed E-state index contributed by atoms with van der Waals surface area (Å²) in [6.07, 6.45) is 0.432. The van der Waals surface area contributed by atoms with Gasteiger partial charge in [0.1, 0.15) is 23.8 Å². The third-order valence-electron chi connectivity index (χ3n) is 5.14. The number of ether oxygens (including phenoxy) is 1. The van der Waals surface area contributed by atoms with Gasteiger partial charge in [0.2, 0.25) is 5.96 Å². The molecule has 1 aromatic heterocycles. The zero-order valence-electron chi connectivity index (χ0n) is 18.8. The van der Waals surface area contributed by atoms with Crippen molar-refractivity contribution < 1.29 is 27.1 Å². The van der Waals surface area contributed by atoms with Crippen LogP contribution >= 0.6 is 0 Å². The maximum atomic E-state index is 13.2. The lowest BCUT2D eigenvalue weighted by Gasteiger charge is -2.15. The summed E-state index contributed by atoms with van der Waals surface area (Å²) < 4.78 is 58.9. The highest BCUT2D eigenvalue weighted by Gasteiger charge is 2.34. The van der Waals surface area contributed by atoms with E-state index >= 15 is 0 Å². The summed E-state index contributed by atoms with van der Waals surface area (Å²) in [5, 5.41) is 2.69. The number of nitrogens with one attached hydrogen (secondary N) is 1. The normalized spacial score (nSPS) is 16.3. The standard InChI is InChI=1S/C24H21F4N5O2/c1-15-11-32(14-30-15)20-8-5-17(10-21(20)35-2)9-19-22(34)33(12-16-3-6-18(25)7-4-16)23(31-19)29-13-24(26,27)28/h3-11,14H,12-13H2,1-2H3,(H,29,31). The second kappa shape index (κ2) is 9.61. The fraction of sp³-hybridized carbons (Fsp3) is 0.208. The van der Waals surface area contributed by atoms with Gasteiger partial charge in [0, 0.05) is 6.20 Å². The first-order valence-corrected chi connectivity index (χ1v) is 10.5. The molecule has 0 bridgehead atoms. The molecule has 1 aliphatic heterocycles. The molecule has 0 spiro atoms. The zero-order chi connectivity index (χ0) is 25.2. The molecule has 1 fully saturated rings. The third kappa shape index (κ3) is 5.68. The SMILES string of the molecule is COc1cc(C=C2NC(=NCC(F)(F)F)N(Cc3ccc(F)cc3)C2=O)ccc1-n1cnc(C)c1. The molecule has 0 atom stereocenters. The second-order valence-electron chi connectivity index (χ2n) is 7.81. The van der Waals surface area contributed by atoms with E-state index in [1.807, 2.05) is 13.1 Å². The second-order valence-corrected chi connectivity index (χ2v) is 7.81. The average molecular weight is 487 g/mol. The van der Waals surface area contributed by atoms with Gasteiger partial charge in [0.25, 0.3) is 5.91 Å². The number of rotatable bonds is 6. The molecule has 3 aromatic rings. The van der Waals surface area contributed by atoms with Crippen LogP contribution < -0.4 is 10.1 Å². The monoisotopic (exact) mass is 487 g/mol. The lowest BCUT2D eigenvalue weighted by atomic mass is 10.1. The summed E-state index contributed by atoms with van der Waals surface area (Å²) in [6.45, 7) is 0.319. The molecule has 2 aromatic carbocycles. The fourth-order valence-electron chi connectivity index (χ4n) is 3.51. The van der Waals surface area contributed by atoms with Gasteiger partial charge >= 0.3 is 6.18 Å². The molecule has 182 valence electrons. The number of hydrogen-bond acceptors (Lipinski definition) is 4. The summed E-state index contributed by atoms with van der Waals surface area (Å²) in [6, 6.07) is 10.5. The fourth-order valence-corrected chi connectivity index (χ4v) is 3.51. The molecule has 0 saturated carbocycles. The Morgan fingerprint density at radius 2 is 1.91 bits per heavy atom. The van der Waals surface area contributed by atoms with Crippen LogP contribution in [-0.4, -0.2) is 46.1 Å². The number of guanidine groups is 1. The van der Waals surface area contributed by atoms with Crippen molar-refractivity contribution in [3.63, 3.8) is 0 Å². The molecule has 4 rings (SSSR count). The number of benzene rings is 2. The third-order valence-corrected chi connectivity index (χ3v) is 5.14. The van der Waals surface area contributed by atoms with Crippen molar-refractivity contribution in [3.05, 3.63) is 83.3 Å². The molecule has 0 unspecified atom stereocenters. The first kappa shape index (κ1) is 24.0. The minimum absolute atomic E-state index is 0.0429. The van der Waals surface area contributed by atoms with Gasteiger partial charge in [0.15, 0.2) is 0 Å². The van der Waals surface area contributed by atoms with Gasteiger partial charge in [-0.15, -0.1) is 0 Å². The number of aliphatic imine (C=N–C) groups is 1. The van der Waals surface area contributed by atoms with Crippen LogP contribution in [-0.2, 0) is 11.3 Å². The highest BCUT2D eigenvalue weighted by molar-refractivity contribution is 6.15. The average Bonchev–Trinajstić information content (AvgIpc) is 3.37. The lowest BCUT2D eigenvalue weighted by Crippen LogP contribution is -2.33. The van der Waals surface area contributed by atoms with Gasteiger partial charge in [-0.3, -0.25) is 9.69 Å². The van der Waals surface area contributed by atoms with Gasteiger partial charge in [-0.2, -0.15) is 13.2 Å². The number of alkyl halides is 3. The molecule has 35 heavy (non-hydrogen) atoms. The van der Waals surface area contributed by atoms with E-state index < -0.39 is 24.4 Å². The number of imidazole rings is 1. The smallest absolute Gasteiger partial charge is 0.408 e. The summed E-state index contributed by atoms with van der Waals surface area (Å²) in [4.78, 5) is 21.9. The molecular formula is C24H21F4N5O2. The van der Waals surface area contributed by atoms with E-state index in [0.717, 1.165) is 16.3 Å². The molecule has 0 radical (unpaired) electrons. The Hall–Kier alpha value is -4.15. The van der Waals surface area contributed by atoms with E-state index in [9.17, 15) is 22.4 Å². The van der Waals surface area contributed by atoms with Crippen LogP contribution in [0.5, 0.6) is 5.75 Å². The highest BCUT2D eigenvalue weighted by Crippen LogP contribution is 2.27. The van der Waals surface area contributed by atoms with Crippen molar-refractivity contribution >= 4 is 17.9 Å². The summed E-state index contributed by atoms with van der Waals surface area (Å²) in [5.41, 5.74) is 2.71. The van der Waals surface area contributed by atoms with Gasteiger partial charge in [-0.25, -0.2) is 14.4 Å². The molecule has 1 saturated heterocycles. The Labute approximate surface area is 198 Å². The van der Waals surface area contributed by atoms with Crippen LogP contribution in [0.3, 0.4) is 0 Å². The molecule has 1 aliphatic rings. The number of nitrogens with zero attached hydrogens (tertiary/aromatic N) is 4. The Morgan fingerprint density at radius 1 is 1.17 bits per heavy atom. The molecule has 2 heterocycles. The number of methoxy groups -OCH3 is 1. The van der Waals surface area contributed by atoms with Crippen LogP contribution in [0.1, 0.15) is 16.8 Å². The number of amides is 1. The van der Waals surface area contributed by atoms with Crippen LogP contribution in [0.2, 0.25) is 0 Å². The van der Waals surface area contributed by atoms with E-state index in [4.69, 9.17) is 4.74 Å². The van der Waals surface area contributed by atoms with Crippen molar-refractivity contribution in [1.82, 2.24) is 19.8 Å². The van der Waals surface area contributed by atoms with E-state index in [1.165, 1.54) is 37.5 Å². The molecule has 1 N–H and O–H groups in total. The largest absolute Gasteiger partial charge is 0.495 e. The number of carbonyl (C=O) groups excluding carboxylic acids is 1. The van der Waals surface area contributed by atoms with E-state index in [1.54, 1.807) is 29.1 Å². The number of aryl methyl sites for hydroxylation is 1. The number of aromatic nitrogens is 2. The quantitative estimate of drug-likeness (QED) is 0.418. The number of hydrogen-bond donors (Lipinski definition) is 1. The Balaban J connectivity index is 1.65. The molecule has 1 amide bonds. The van der Waals surface area contributed by atoms with Crippen LogP contribution in [0.25, 0.3) is 11.8 Å². The number of halogens is 4. The predicted molar refractivity (Wildman–Crippen MR) is 121 cm³/mol. The van der Waals surface area contributed by atoms with E-state index in [-0.39, 0.29) is 18.2 Å². The van der Waals surface area contributed by atoms with Gasteiger partial charge in [0.05, 0.1) is 31.4 Å². The van der Waals surface area contributed by atoms with Crippen molar-refractivity contribution in [1.29, 1.82) is 0 Å². The Kier molecular flexibility index (Phi) is 6.59. The molecular weight excluding hydrogens is 466 g/mol. The van der Waals surface area contributed by atoms with Gasteiger partial charge in [-0.05, 0) is 48.4 Å². The van der Waals surface area contributed by atoms with Crippen molar-refractivity contribution in [2.75, 3.05) is 13.7 Å². The lowest BCUT2D eigenvalue weighted by molar-refractivity contribution is -0.123. The Bertz CT molecular complexity index is 1300. The topological polar surface area (TPSA) is 71.8 Å². The van der Waals surface area contributed by atoms with Gasteiger partial charge in [-0.1, -0.05) is 18.2 Å². The molecule has 7 nitrogen and oxygen atoms in total. The van der Waals surface area contributed by atoms with Crippen molar-refractivity contribution in [2.24, 2.45) is 4.99 Å². The van der Waals surface area contributed by atoms with Crippen LogP contribution in [0, 0.1) is 12.7 Å². The first-order valence-electron chi connectivity index (χ1n) is 10.5. The van der Waals surface area contributed by atoms with E-state index in [2.05, 4.69) is 15.3 Å². The Morgan fingerprint density at radius 3 is 2.54 bits per heavy atom.